The van der Waals surface area contributed by atoms with Crippen LogP contribution >= 0.6 is 0 Å². The normalized spacial score (nSPS) is 16.3. The number of likely N-dealkylation sites (N-methyl/N-ethyl adjacent to an activating group) is 1. The molecule has 0 saturated heterocycles. The van der Waals surface area contributed by atoms with Gasteiger partial charge in [-0.1, -0.05) is 32.1 Å². The Morgan fingerprint density at radius 3 is 2.58 bits per heavy atom. The van der Waals surface area contributed by atoms with Crippen molar-refractivity contribution in [2.75, 3.05) is 27.2 Å². The summed E-state index contributed by atoms with van der Waals surface area (Å²) in [6.45, 7) is 5.94. The van der Waals surface area contributed by atoms with Crippen LogP contribution in [0.2, 0.25) is 0 Å². The summed E-state index contributed by atoms with van der Waals surface area (Å²) in [5.74, 6) is -0.434. The molecule has 0 heterocycles. The van der Waals surface area contributed by atoms with Crippen LogP contribution in [0.3, 0.4) is 0 Å². The lowest BCUT2D eigenvalue weighted by molar-refractivity contribution is -0.120. The van der Waals surface area contributed by atoms with Gasteiger partial charge < -0.3 is 16.0 Å². The lowest BCUT2D eigenvalue weighted by Crippen LogP contribution is -2.32. The molecule has 0 atom stereocenters. The van der Waals surface area contributed by atoms with Gasteiger partial charge >= 0.3 is 0 Å². The van der Waals surface area contributed by atoms with Crippen molar-refractivity contribution in [2.45, 2.75) is 39.5 Å². The van der Waals surface area contributed by atoms with Crippen molar-refractivity contribution in [3.05, 3.63) is 41.0 Å². The zero-order valence-electron chi connectivity index (χ0n) is 16.4. The van der Waals surface area contributed by atoms with Crippen molar-refractivity contribution in [2.24, 2.45) is 11.1 Å². The van der Waals surface area contributed by atoms with Crippen molar-refractivity contribution >= 4 is 17.4 Å². The highest BCUT2D eigenvalue weighted by molar-refractivity contribution is 5.98. The van der Waals surface area contributed by atoms with Crippen LogP contribution in [0, 0.1) is 5.41 Å². The molecular weight excluding hydrogens is 326 g/mol. The average molecular weight is 357 g/mol. The summed E-state index contributed by atoms with van der Waals surface area (Å²) >= 11 is 0. The van der Waals surface area contributed by atoms with Gasteiger partial charge in [-0.25, -0.2) is 0 Å². The van der Waals surface area contributed by atoms with Crippen molar-refractivity contribution in [3.63, 3.8) is 0 Å². The molecule has 26 heavy (non-hydrogen) atoms. The topological polar surface area (TPSA) is 75.4 Å². The van der Waals surface area contributed by atoms with E-state index in [0.717, 1.165) is 42.5 Å². The Labute approximate surface area is 156 Å². The molecule has 1 aliphatic rings. The Hall–Kier alpha value is -2.14. The van der Waals surface area contributed by atoms with Gasteiger partial charge in [0.05, 0.1) is 6.42 Å². The molecular formula is C21H31N3O2. The summed E-state index contributed by atoms with van der Waals surface area (Å²) in [4.78, 5) is 26.0. The van der Waals surface area contributed by atoms with E-state index in [1.165, 1.54) is 0 Å². The van der Waals surface area contributed by atoms with E-state index in [4.69, 9.17) is 5.73 Å². The monoisotopic (exact) mass is 357 g/mol. The first kappa shape index (κ1) is 20.2. The average Bonchev–Trinajstić information content (AvgIpc) is 2.54. The lowest BCUT2D eigenvalue weighted by Gasteiger charge is -2.29. The summed E-state index contributed by atoms with van der Waals surface area (Å²) in [7, 11) is 3.94. The molecule has 0 saturated carbocycles. The number of amides is 2. The van der Waals surface area contributed by atoms with E-state index in [-0.39, 0.29) is 5.91 Å². The Balaban J connectivity index is 2.17. The van der Waals surface area contributed by atoms with Gasteiger partial charge in [0.25, 0.3) is 0 Å². The smallest absolute Gasteiger partial charge is 0.249 e. The number of nitrogens with zero attached hydrogens (tertiary/aromatic N) is 1. The SMILES string of the molecule is CN(C)CCNC(=O)Cc1ccc(C(N)=O)c(C2=CCC(C)(C)CC2)c1. The first-order valence-corrected chi connectivity index (χ1v) is 9.21. The van der Waals surface area contributed by atoms with Gasteiger partial charge in [0, 0.05) is 18.7 Å². The van der Waals surface area contributed by atoms with E-state index in [1.807, 2.05) is 31.1 Å². The summed E-state index contributed by atoms with van der Waals surface area (Å²) < 4.78 is 0. The van der Waals surface area contributed by atoms with Crippen LogP contribution in [0.1, 0.15) is 54.6 Å². The summed E-state index contributed by atoms with van der Waals surface area (Å²) in [5, 5.41) is 2.92. The highest BCUT2D eigenvalue weighted by Gasteiger charge is 2.24. The summed E-state index contributed by atoms with van der Waals surface area (Å²) in [6.07, 6.45) is 5.50. The fourth-order valence-corrected chi connectivity index (χ4v) is 3.17. The third-order valence-electron chi connectivity index (χ3n) is 4.91. The molecule has 0 aromatic heterocycles. The van der Waals surface area contributed by atoms with Crippen molar-refractivity contribution < 1.29 is 9.59 Å². The minimum atomic E-state index is -0.423. The molecule has 0 aliphatic heterocycles. The van der Waals surface area contributed by atoms with Gasteiger partial charge in [0.1, 0.15) is 0 Å². The fraction of sp³-hybridized carbons (Fsp3) is 0.524. The van der Waals surface area contributed by atoms with E-state index in [1.54, 1.807) is 6.07 Å². The first-order valence-electron chi connectivity index (χ1n) is 9.21. The molecule has 1 aromatic rings. The number of carbonyl (C=O) groups is 2. The highest BCUT2D eigenvalue weighted by Crippen LogP contribution is 2.38. The molecule has 5 heteroatoms. The van der Waals surface area contributed by atoms with Crippen LogP contribution in [0.5, 0.6) is 0 Å². The summed E-state index contributed by atoms with van der Waals surface area (Å²) in [6, 6.07) is 5.53. The van der Waals surface area contributed by atoms with Crippen LogP contribution in [-0.2, 0) is 11.2 Å². The van der Waals surface area contributed by atoms with Gasteiger partial charge in [0.2, 0.25) is 11.8 Å². The largest absolute Gasteiger partial charge is 0.366 e. The van der Waals surface area contributed by atoms with Crippen molar-refractivity contribution in [1.29, 1.82) is 0 Å². The third-order valence-corrected chi connectivity index (χ3v) is 4.91. The third kappa shape index (κ3) is 5.70. The molecule has 0 bridgehead atoms. The van der Waals surface area contributed by atoms with Gasteiger partial charge in [0.15, 0.2) is 0 Å². The first-order chi connectivity index (χ1) is 12.2. The maximum atomic E-state index is 12.1. The van der Waals surface area contributed by atoms with Crippen molar-refractivity contribution in [3.8, 4) is 0 Å². The Kier molecular flexibility index (Phi) is 6.59. The van der Waals surface area contributed by atoms with Gasteiger partial charge in [-0.15, -0.1) is 0 Å². The molecule has 5 nitrogen and oxygen atoms in total. The number of primary amides is 1. The molecule has 1 aliphatic carbocycles. The zero-order valence-corrected chi connectivity index (χ0v) is 16.4. The molecule has 2 amide bonds. The predicted molar refractivity (Wildman–Crippen MR) is 106 cm³/mol. The maximum absolute atomic E-state index is 12.1. The second kappa shape index (κ2) is 8.49. The standard InChI is InChI=1S/C21H31N3O2/c1-21(2)9-7-16(8-10-21)18-13-15(5-6-17(18)20(22)26)14-19(25)23-11-12-24(3)4/h5-7,13H,8-12,14H2,1-4H3,(H2,22,26)(H,23,25). The number of benzene rings is 1. The number of hydrogen-bond donors (Lipinski definition) is 2. The number of allylic oxidation sites excluding steroid dienone is 2. The minimum absolute atomic E-state index is 0.0108. The van der Waals surface area contributed by atoms with Crippen LogP contribution in [0.15, 0.2) is 24.3 Å². The molecule has 1 aromatic carbocycles. The second-order valence-corrected chi connectivity index (χ2v) is 8.17. The van der Waals surface area contributed by atoms with Gasteiger partial charge in [-0.2, -0.15) is 0 Å². The number of nitrogens with one attached hydrogen (secondary N) is 1. The summed E-state index contributed by atoms with van der Waals surface area (Å²) in [5.41, 5.74) is 9.34. The van der Waals surface area contributed by atoms with E-state index in [9.17, 15) is 9.59 Å². The minimum Gasteiger partial charge on any atom is -0.366 e. The Morgan fingerprint density at radius 1 is 1.27 bits per heavy atom. The predicted octanol–water partition coefficient (Wildman–Crippen LogP) is 2.60. The van der Waals surface area contributed by atoms with Crippen LogP contribution in [0.25, 0.3) is 5.57 Å². The molecule has 0 unspecified atom stereocenters. The van der Waals surface area contributed by atoms with Crippen LogP contribution < -0.4 is 11.1 Å². The number of rotatable bonds is 7. The number of hydrogen-bond acceptors (Lipinski definition) is 3. The van der Waals surface area contributed by atoms with E-state index >= 15 is 0 Å². The molecule has 3 N–H and O–H groups in total. The van der Waals surface area contributed by atoms with E-state index < -0.39 is 5.91 Å². The highest BCUT2D eigenvalue weighted by atomic mass is 16.1. The van der Waals surface area contributed by atoms with Gasteiger partial charge in [-0.05, 0) is 61.5 Å². The Bertz CT molecular complexity index is 705. The van der Waals surface area contributed by atoms with Crippen molar-refractivity contribution in [1.82, 2.24) is 10.2 Å². The molecule has 2 rings (SSSR count). The second-order valence-electron chi connectivity index (χ2n) is 8.17. The Morgan fingerprint density at radius 2 is 2.00 bits per heavy atom. The van der Waals surface area contributed by atoms with Gasteiger partial charge in [-0.3, -0.25) is 9.59 Å². The maximum Gasteiger partial charge on any atom is 0.249 e. The van der Waals surface area contributed by atoms with Crippen LogP contribution in [0.4, 0.5) is 0 Å². The van der Waals surface area contributed by atoms with E-state index in [0.29, 0.717) is 23.9 Å². The quantitative estimate of drug-likeness (QED) is 0.787. The van der Waals surface area contributed by atoms with E-state index in [2.05, 4.69) is 25.2 Å². The molecule has 142 valence electrons. The fourth-order valence-electron chi connectivity index (χ4n) is 3.17. The lowest BCUT2D eigenvalue weighted by atomic mass is 9.76. The zero-order chi connectivity index (χ0) is 19.3. The molecule has 0 fully saturated rings. The molecule has 0 spiro atoms. The van der Waals surface area contributed by atoms with Crippen LogP contribution in [-0.4, -0.2) is 43.9 Å². The number of carbonyl (C=O) groups excluding carboxylic acids is 2. The molecule has 0 radical (unpaired) electrons. The number of nitrogens with two attached hydrogens (primary N) is 1.